The van der Waals surface area contributed by atoms with Crippen molar-refractivity contribution in [2.45, 2.75) is 20.0 Å². The summed E-state index contributed by atoms with van der Waals surface area (Å²) in [4.78, 5) is 14.7. The minimum absolute atomic E-state index is 0.109. The van der Waals surface area contributed by atoms with Gasteiger partial charge in [-0.3, -0.25) is 4.79 Å². The van der Waals surface area contributed by atoms with Gasteiger partial charge in [0.1, 0.15) is 0 Å². The minimum atomic E-state index is -0.775. The lowest BCUT2D eigenvalue weighted by Gasteiger charge is -2.26. The van der Waals surface area contributed by atoms with E-state index in [0.29, 0.717) is 30.2 Å². The zero-order chi connectivity index (χ0) is 18.2. The van der Waals surface area contributed by atoms with Crippen molar-refractivity contribution in [3.8, 4) is 17.6 Å². The molecule has 25 heavy (non-hydrogen) atoms. The van der Waals surface area contributed by atoms with E-state index in [1.54, 1.807) is 23.1 Å². The van der Waals surface area contributed by atoms with Crippen LogP contribution in [0.5, 0.6) is 11.5 Å². The van der Waals surface area contributed by atoms with Crippen molar-refractivity contribution in [1.29, 1.82) is 5.26 Å². The number of ether oxygens (including phenoxy) is 2. The van der Waals surface area contributed by atoms with Crippen LogP contribution in [-0.4, -0.2) is 31.0 Å². The molecule has 0 fully saturated rings. The zero-order valence-corrected chi connectivity index (χ0v) is 14.7. The van der Waals surface area contributed by atoms with Gasteiger partial charge in [-0.05, 0) is 26.0 Å². The monoisotopic (exact) mass is 338 g/mol. The maximum Gasteiger partial charge on any atom is 0.268 e. The number of methoxy groups -OCH3 is 1. The second-order valence-electron chi connectivity index (χ2n) is 5.40. The third-order valence-corrected chi connectivity index (χ3v) is 3.94. The molecule has 1 amide bonds. The van der Waals surface area contributed by atoms with Gasteiger partial charge >= 0.3 is 0 Å². The number of carbonyl (C=O) groups is 1. The lowest BCUT2D eigenvalue weighted by Crippen LogP contribution is -2.37. The number of amides is 1. The molecule has 5 heteroatoms. The number of hydrogen-bond acceptors (Lipinski definition) is 4. The van der Waals surface area contributed by atoms with Crippen molar-refractivity contribution >= 4 is 5.91 Å². The SMILES string of the molecule is CCN(CC)C(=O)[C@@H](Oc1ccc(C#N)cc1OC)c1ccccc1. The molecule has 0 saturated carbocycles. The largest absolute Gasteiger partial charge is 0.493 e. The van der Waals surface area contributed by atoms with Gasteiger partial charge in [-0.1, -0.05) is 30.3 Å². The summed E-state index contributed by atoms with van der Waals surface area (Å²) in [5.41, 5.74) is 1.24. The Morgan fingerprint density at radius 1 is 1.12 bits per heavy atom. The van der Waals surface area contributed by atoms with E-state index in [-0.39, 0.29) is 5.91 Å². The first-order chi connectivity index (χ1) is 12.1. The smallest absolute Gasteiger partial charge is 0.268 e. The molecule has 5 nitrogen and oxygen atoms in total. The number of rotatable bonds is 7. The molecule has 0 bridgehead atoms. The van der Waals surface area contributed by atoms with E-state index >= 15 is 0 Å². The third kappa shape index (κ3) is 4.30. The van der Waals surface area contributed by atoms with E-state index in [9.17, 15) is 4.79 Å². The first-order valence-electron chi connectivity index (χ1n) is 8.23. The molecule has 130 valence electrons. The third-order valence-electron chi connectivity index (χ3n) is 3.94. The summed E-state index contributed by atoms with van der Waals surface area (Å²) in [7, 11) is 1.51. The number of benzene rings is 2. The van der Waals surface area contributed by atoms with Gasteiger partial charge in [0.05, 0.1) is 18.7 Å². The van der Waals surface area contributed by atoms with Gasteiger partial charge in [-0.25, -0.2) is 0 Å². The number of hydrogen-bond donors (Lipinski definition) is 0. The van der Waals surface area contributed by atoms with E-state index in [1.165, 1.54) is 7.11 Å². The van der Waals surface area contributed by atoms with Crippen molar-refractivity contribution in [2.75, 3.05) is 20.2 Å². The van der Waals surface area contributed by atoms with Crippen molar-refractivity contribution in [1.82, 2.24) is 4.90 Å². The second-order valence-corrected chi connectivity index (χ2v) is 5.40. The highest BCUT2D eigenvalue weighted by Crippen LogP contribution is 2.32. The van der Waals surface area contributed by atoms with E-state index in [0.717, 1.165) is 5.56 Å². The molecule has 2 rings (SSSR count). The topological polar surface area (TPSA) is 62.6 Å². The van der Waals surface area contributed by atoms with Crippen LogP contribution in [0.3, 0.4) is 0 Å². The highest BCUT2D eigenvalue weighted by atomic mass is 16.5. The average Bonchev–Trinajstić information content (AvgIpc) is 2.67. The van der Waals surface area contributed by atoms with E-state index < -0.39 is 6.10 Å². The lowest BCUT2D eigenvalue weighted by molar-refractivity contribution is -0.138. The van der Waals surface area contributed by atoms with Crippen LogP contribution in [0.2, 0.25) is 0 Å². The summed E-state index contributed by atoms with van der Waals surface area (Å²) in [5.74, 6) is 0.741. The van der Waals surface area contributed by atoms with Crippen molar-refractivity contribution in [3.05, 3.63) is 59.7 Å². The van der Waals surface area contributed by atoms with Crippen LogP contribution in [-0.2, 0) is 4.79 Å². The highest BCUT2D eigenvalue weighted by Gasteiger charge is 2.27. The Bertz CT molecular complexity index is 749. The van der Waals surface area contributed by atoms with Gasteiger partial charge < -0.3 is 14.4 Å². The van der Waals surface area contributed by atoms with Crippen LogP contribution in [0.25, 0.3) is 0 Å². The average molecular weight is 338 g/mol. The summed E-state index contributed by atoms with van der Waals surface area (Å²) in [6.45, 7) is 5.08. The molecule has 0 aliphatic heterocycles. The maximum atomic E-state index is 12.9. The first kappa shape index (κ1) is 18.3. The molecule has 0 saturated heterocycles. The van der Waals surface area contributed by atoms with Crippen molar-refractivity contribution < 1.29 is 14.3 Å². The Hall–Kier alpha value is -3.00. The van der Waals surface area contributed by atoms with Gasteiger partial charge in [-0.15, -0.1) is 0 Å². The van der Waals surface area contributed by atoms with Crippen LogP contribution in [0.4, 0.5) is 0 Å². The first-order valence-corrected chi connectivity index (χ1v) is 8.23. The molecule has 1 atom stereocenters. The molecule has 0 aromatic heterocycles. The molecule has 0 heterocycles. The van der Waals surface area contributed by atoms with Gasteiger partial charge in [0.2, 0.25) is 6.10 Å². The Morgan fingerprint density at radius 2 is 1.80 bits per heavy atom. The molecule has 0 unspecified atom stereocenters. The van der Waals surface area contributed by atoms with Crippen LogP contribution >= 0.6 is 0 Å². The Balaban J connectivity index is 2.40. The minimum Gasteiger partial charge on any atom is -0.493 e. The molecule has 2 aromatic carbocycles. The number of nitriles is 1. The quantitative estimate of drug-likeness (QED) is 0.774. The Kier molecular flexibility index (Phi) is 6.41. The zero-order valence-electron chi connectivity index (χ0n) is 14.7. The molecule has 0 spiro atoms. The lowest BCUT2D eigenvalue weighted by atomic mass is 10.1. The molecular formula is C20H22N2O3. The standard InChI is InChI=1S/C20H22N2O3/c1-4-22(5-2)20(23)19(16-9-7-6-8-10-16)25-17-12-11-15(14-21)13-18(17)24-3/h6-13,19H,4-5H2,1-3H3/t19-/m0/s1. The van der Waals surface area contributed by atoms with Crippen molar-refractivity contribution in [3.63, 3.8) is 0 Å². The summed E-state index contributed by atoms with van der Waals surface area (Å²) in [6.07, 6.45) is -0.775. The second kappa shape index (κ2) is 8.74. The molecule has 2 aromatic rings. The van der Waals surface area contributed by atoms with Gasteiger partial charge in [0.25, 0.3) is 5.91 Å². The summed E-state index contributed by atoms with van der Waals surface area (Å²) >= 11 is 0. The maximum absolute atomic E-state index is 12.9. The van der Waals surface area contributed by atoms with Crippen LogP contribution in [0.15, 0.2) is 48.5 Å². The fourth-order valence-corrected chi connectivity index (χ4v) is 2.55. The molecule has 0 aliphatic rings. The highest BCUT2D eigenvalue weighted by molar-refractivity contribution is 5.82. The Labute approximate surface area is 148 Å². The van der Waals surface area contributed by atoms with Gasteiger partial charge in [0.15, 0.2) is 11.5 Å². The normalized spacial score (nSPS) is 11.3. The van der Waals surface area contributed by atoms with E-state index in [2.05, 4.69) is 6.07 Å². The van der Waals surface area contributed by atoms with Crippen molar-refractivity contribution in [2.24, 2.45) is 0 Å². The van der Waals surface area contributed by atoms with Crippen LogP contribution in [0, 0.1) is 11.3 Å². The molecule has 0 N–H and O–H groups in total. The number of nitrogens with zero attached hydrogens (tertiary/aromatic N) is 2. The van der Waals surface area contributed by atoms with E-state index in [4.69, 9.17) is 14.7 Å². The van der Waals surface area contributed by atoms with Gasteiger partial charge in [0, 0.05) is 24.7 Å². The number of carbonyl (C=O) groups excluding carboxylic acids is 1. The summed E-state index contributed by atoms with van der Waals surface area (Å²) in [5, 5.41) is 9.03. The summed E-state index contributed by atoms with van der Waals surface area (Å²) in [6, 6.07) is 16.3. The predicted octanol–water partition coefficient (Wildman–Crippen LogP) is 3.56. The predicted molar refractivity (Wildman–Crippen MR) is 95.4 cm³/mol. The van der Waals surface area contributed by atoms with Crippen LogP contribution < -0.4 is 9.47 Å². The summed E-state index contributed by atoms with van der Waals surface area (Å²) < 4.78 is 11.4. The molecular weight excluding hydrogens is 316 g/mol. The fraction of sp³-hybridized carbons (Fsp3) is 0.300. The van der Waals surface area contributed by atoms with E-state index in [1.807, 2.05) is 44.2 Å². The Morgan fingerprint density at radius 3 is 2.36 bits per heavy atom. The van der Waals surface area contributed by atoms with Gasteiger partial charge in [-0.2, -0.15) is 5.26 Å². The molecule has 0 radical (unpaired) electrons. The number of likely N-dealkylation sites (N-methyl/N-ethyl adjacent to an activating group) is 1. The van der Waals surface area contributed by atoms with Crippen LogP contribution in [0.1, 0.15) is 31.1 Å². The fourth-order valence-electron chi connectivity index (χ4n) is 2.55. The molecule has 0 aliphatic carbocycles.